The lowest BCUT2D eigenvalue weighted by atomic mass is 9.91. The summed E-state index contributed by atoms with van der Waals surface area (Å²) in [6.07, 6.45) is 2.42. The van der Waals surface area contributed by atoms with Gasteiger partial charge in [0.15, 0.2) is 6.61 Å². The highest BCUT2D eigenvalue weighted by Gasteiger charge is 2.31. The first-order valence-electron chi connectivity index (χ1n) is 10.6. The van der Waals surface area contributed by atoms with Crippen molar-refractivity contribution in [2.75, 3.05) is 26.2 Å². The van der Waals surface area contributed by atoms with Crippen LogP contribution < -0.4 is 5.32 Å². The number of hydrogen-bond acceptors (Lipinski definition) is 5. The molecule has 0 saturated carbocycles. The molecule has 3 rings (SSSR count). The van der Waals surface area contributed by atoms with E-state index in [1.807, 2.05) is 18.2 Å². The number of amides is 1. The highest BCUT2D eigenvalue weighted by Crippen LogP contribution is 2.30. The quantitative estimate of drug-likeness (QED) is 0.588. The van der Waals surface area contributed by atoms with Gasteiger partial charge >= 0.3 is 5.97 Å². The summed E-state index contributed by atoms with van der Waals surface area (Å²) in [7, 11) is -3.87. The van der Waals surface area contributed by atoms with E-state index in [-0.39, 0.29) is 15.5 Å². The fourth-order valence-corrected chi connectivity index (χ4v) is 5.70. The van der Waals surface area contributed by atoms with Crippen LogP contribution >= 0.6 is 11.6 Å². The molecule has 0 spiro atoms. The molecule has 1 heterocycles. The van der Waals surface area contributed by atoms with E-state index in [0.717, 1.165) is 19.3 Å². The highest BCUT2D eigenvalue weighted by atomic mass is 35.5. The minimum atomic E-state index is -3.87. The van der Waals surface area contributed by atoms with Crippen molar-refractivity contribution in [3.8, 4) is 0 Å². The number of piperidine rings is 1. The summed E-state index contributed by atoms with van der Waals surface area (Å²) in [5, 5.41) is 2.56. The lowest BCUT2D eigenvalue weighted by Gasteiger charge is -2.31. The Morgan fingerprint density at radius 1 is 1.12 bits per heavy atom. The fourth-order valence-electron chi connectivity index (χ4n) is 3.73. The maximum absolute atomic E-state index is 13.2. The van der Waals surface area contributed by atoms with Crippen molar-refractivity contribution in [2.45, 2.75) is 31.1 Å². The zero-order valence-corrected chi connectivity index (χ0v) is 19.5. The lowest BCUT2D eigenvalue weighted by molar-refractivity contribution is -0.124. The van der Waals surface area contributed by atoms with Crippen LogP contribution in [0.1, 0.15) is 35.7 Å². The number of benzene rings is 2. The van der Waals surface area contributed by atoms with E-state index in [1.165, 1.54) is 28.1 Å². The molecule has 7 nitrogen and oxygen atoms in total. The second-order valence-corrected chi connectivity index (χ2v) is 10.0. The van der Waals surface area contributed by atoms with Crippen molar-refractivity contribution in [3.63, 3.8) is 0 Å². The first-order chi connectivity index (χ1) is 15.3. The molecule has 0 bridgehead atoms. The Labute approximate surface area is 193 Å². The van der Waals surface area contributed by atoms with Gasteiger partial charge in [0, 0.05) is 19.6 Å². The molecule has 32 heavy (non-hydrogen) atoms. The Morgan fingerprint density at radius 2 is 1.81 bits per heavy atom. The molecule has 0 unspecified atom stereocenters. The van der Waals surface area contributed by atoms with E-state index in [2.05, 4.69) is 17.4 Å². The van der Waals surface area contributed by atoms with Crippen LogP contribution in [0.15, 0.2) is 53.4 Å². The van der Waals surface area contributed by atoms with Crippen LogP contribution in [0.4, 0.5) is 0 Å². The van der Waals surface area contributed by atoms with E-state index in [4.69, 9.17) is 16.3 Å². The van der Waals surface area contributed by atoms with Crippen molar-refractivity contribution in [2.24, 2.45) is 5.92 Å². The van der Waals surface area contributed by atoms with Crippen LogP contribution in [0.2, 0.25) is 5.02 Å². The van der Waals surface area contributed by atoms with Crippen LogP contribution in [0, 0.1) is 5.92 Å². The molecule has 1 saturated heterocycles. The van der Waals surface area contributed by atoms with Gasteiger partial charge in [-0.1, -0.05) is 41.9 Å². The zero-order chi connectivity index (χ0) is 23.1. The number of esters is 1. The van der Waals surface area contributed by atoms with Gasteiger partial charge in [-0.05, 0) is 55.9 Å². The number of hydrogen-bond donors (Lipinski definition) is 1. The van der Waals surface area contributed by atoms with Crippen LogP contribution in [0.5, 0.6) is 0 Å². The summed E-state index contributed by atoms with van der Waals surface area (Å²) in [6.45, 7) is 2.51. The van der Waals surface area contributed by atoms with E-state index in [1.54, 1.807) is 6.92 Å². The van der Waals surface area contributed by atoms with E-state index in [0.29, 0.717) is 25.6 Å². The number of likely N-dealkylation sites (N-methyl/N-ethyl adjacent to an activating group) is 1. The van der Waals surface area contributed by atoms with E-state index >= 15 is 0 Å². The molecule has 172 valence electrons. The van der Waals surface area contributed by atoms with Gasteiger partial charge in [0.05, 0.1) is 10.6 Å². The van der Waals surface area contributed by atoms with Gasteiger partial charge in [-0.2, -0.15) is 4.31 Å². The molecular formula is C23H27ClN2O5S. The van der Waals surface area contributed by atoms with Gasteiger partial charge in [-0.3, -0.25) is 4.79 Å². The third-order valence-corrected chi connectivity index (χ3v) is 7.81. The number of nitrogens with one attached hydrogen (secondary N) is 1. The van der Waals surface area contributed by atoms with Crippen molar-refractivity contribution < 1.29 is 22.7 Å². The predicted octanol–water partition coefficient (Wildman–Crippen LogP) is 3.28. The molecule has 1 amide bonds. The molecule has 2 aromatic rings. The second-order valence-electron chi connectivity index (χ2n) is 7.71. The molecule has 0 aliphatic carbocycles. The molecule has 0 atom stereocenters. The van der Waals surface area contributed by atoms with Crippen LogP contribution in [0.25, 0.3) is 0 Å². The normalized spacial score (nSPS) is 15.3. The number of rotatable bonds is 8. The Balaban J connectivity index is 1.66. The summed E-state index contributed by atoms with van der Waals surface area (Å²) < 4.78 is 32.8. The molecule has 0 aromatic heterocycles. The Kier molecular flexibility index (Phi) is 8.28. The molecule has 0 radical (unpaired) electrons. The third-order valence-electron chi connectivity index (χ3n) is 5.43. The monoisotopic (exact) mass is 478 g/mol. The van der Waals surface area contributed by atoms with Gasteiger partial charge in [-0.25, -0.2) is 13.2 Å². The summed E-state index contributed by atoms with van der Waals surface area (Å²) in [6, 6.07) is 14.1. The average molecular weight is 479 g/mol. The number of ether oxygens (including phenoxy) is 1. The third kappa shape index (κ3) is 6.09. The zero-order valence-electron chi connectivity index (χ0n) is 17.9. The topological polar surface area (TPSA) is 92.8 Å². The van der Waals surface area contributed by atoms with E-state index < -0.39 is 28.5 Å². The van der Waals surface area contributed by atoms with Gasteiger partial charge in [-0.15, -0.1) is 0 Å². The first kappa shape index (κ1) is 24.2. The molecule has 9 heteroatoms. The maximum atomic E-state index is 13.2. The summed E-state index contributed by atoms with van der Waals surface area (Å²) in [5.74, 6) is -0.804. The molecule has 1 aliphatic rings. The lowest BCUT2D eigenvalue weighted by Crippen LogP contribution is -2.39. The molecule has 1 aliphatic heterocycles. The van der Waals surface area contributed by atoms with Crippen LogP contribution in [0.3, 0.4) is 0 Å². The molecule has 1 fully saturated rings. The number of carbonyl (C=O) groups excluding carboxylic acids is 2. The summed E-state index contributed by atoms with van der Waals surface area (Å²) in [5.41, 5.74) is 1.27. The Morgan fingerprint density at radius 3 is 2.47 bits per heavy atom. The van der Waals surface area contributed by atoms with Gasteiger partial charge in [0.2, 0.25) is 10.0 Å². The van der Waals surface area contributed by atoms with Crippen molar-refractivity contribution >= 4 is 33.5 Å². The van der Waals surface area contributed by atoms with Crippen molar-refractivity contribution in [1.29, 1.82) is 0 Å². The van der Waals surface area contributed by atoms with Gasteiger partial charge in [0.25, 0.3) is 5.91 Å². The Hall–Kier alpha value is -2.42. The minimum absolute atomic E-state index is 0.0243. The smallest absolute Gasteiger partial charge is 0.338 e. The number of sulfonamides is 1. The van der Waals surface area contributed by atoms with E-state index in [9.17, 15) is 18.0 Å². The molecule has 2 aromatic carbocycles. The number of nitrogens with zero attached hydrogens (tertiary/aromatic N) is 1. The number of halogens is 1. The number of carbonyl (C=O) groups is 2. The predicted molar refractivity (Wildman–Crippen MR) is 122 cm³/mol. The highest BCUT2D eigenvalue weighted by molar-refractivity contribution is 7.89. The van der Waals surface area contributed by atoms with Crippen molar-refractivity contribution in [1.82, 2.24) is 9.62 Å². The van der Waals surface area contributed by atoms with Crippen molar-refractivity contribution in [3.05, 3.63) is 64.7 Å². The largest absolute Gasteiger partial charge is 0.452 e. The van der Waals surface area contributed by atoms with Gasteiger partial charge in [0.1, 0.15) is 4.90 Å². The minimum Gasteiger partial charge on any atom is -0.452 e. The SMILES string of the molecule is CCNC(=O)COC(=O)c1ccc(Cl)c(S(=O)(=O)N2CCC(Cc3ccccc3)CC2)c1. The van der Waals surface area contributed by atoms with Gasteiger partial charge < -0.3 is 10.1 Å². The summed E-state index contributed by atoms with van der Waals surface area (Å²) >= 11 is 6.19. The van der Waals surface area contributed by atoms with Crippen LogP contribution in [-0.2, 0) is 26.0 Å². The first-order valence-corrected chi connectivity index (χ1v) is 12.4. The average Bonchev–Trinajstić information content (AvgIpc) is 2.79. The Bertz CT molecular complexity index is 1050. The second kappa shape index (κ2) is 10.9. The molecule has 1 N–H and O–H groups in total. The fraction of sp³-hybridized carbons (Fsp3) is 0.391. The standard InChI is InChI=1S/C23H27ClN2O5S/c1-2-25-22(27)16-31-23(28)19-8-9-20(24)21(15-19)32(29,30)26-12-10-18(11-13-26)14-17-6-4-3-5-7-17/h3-9,15,18H,2,10-14,16H2,1H3,(H,25,27). The summed E-state index contributed by atoms with van der Waals surface area (Å²) in [4.78, 5) is 23.6. The van der Waals surface area contributed by atoms with Crippen LogP contribution in [-0.4, -0.2) is 50.8 Å². The maximum Gasteiger partial charge on any atom is 0.338 e. The molecular weight excluding hydrogens is 452 g/mol.